The Morgan fingerprint density at radius 1 is 1.08 bits per heavy atom. The molecule has 0 saturated heterocycles. The van der Waals surface area contributed by atoms with Crippen LogP contribution < -0.4 is 11.1 Å². The first-order valence-electron chi connectivity index (χ1n) is 9.71. The number of unbranched alkanes of at least 4 members (excludes halogenated alkanes) is 1. The first-order valence-corrected chi connectivity index (χ1v) is 9.71. The van der Waals surface area contributed by atoms with Crippen LogP contribution in [0, 0.1) is 0 Å². The molecule has 0 aromatic rings. The maximum Gasteiger partial charge on any atom is 0.407 e. The molecular weight excluding hydrogens is 320 g/mol. The maximum atomic E-state index is 12.1. The molecule has 0 bridgehead atoms. The van der Waals surface area contributed by atoms with Crippen molar-refractivity contribution in [2.75, 3.05) is 6.54 Å². The second kappa shape index (κ2) is 11.3. The minimum absolute atomic E-state index is 0.0349. The lowest BCUT2D eigenvalue weighted by Crippen LogP contribution is -2.35. The summed E-state index contributed by atoms with van der Waals surface area (Å²) in [6.07, 6.45) is 9.62. The van der Waals surface area contributed by atoms with Crippen LogP contribution in [0.3, 0.4) is 0 Å². The lowest BCUT2D eigenvalue weighted by molar-refractivity contribution is -0.151. The molecule has 1 aliphatic carbocycles. The van der Waals surface area contributed by atoms with E-state index in [1.54, 1.807) is 0 Å². The summed E-state index contributed by atoms with van der Waals surface area (Å²) >= 11 is 0. The van der Waals surface area contributed by atoms with E-state index in [-0.39, 0.29) is 12.1 Å². The van der Waals surface area contributed by atoms with E-state index in [0.29, 0.717) is 13.0 Å². The molecule has 1 atom stereocenters. The largest absolute Gasteiger partial charge is 0.461 e. The van der Waals surface area contributed by atoms with Gasteiger partial charge in [0.25, 0.3) is 0 Å². The molecule has 25 heavy (non-hydrogen) atoms. The molecule has 0 aromatic carbocycles. The van der Waals surface area contributed by atoms with Crippen LogP contribution in [0.4, 0.5) is 4.79 Å². The molecule has 0 aliphatic heterocycles. The van der Waals surface area contributed by atoms with Crippen LogP contribution in [-0.2, 0) is 14.3 Å². The second-order valence-electron chi connectivity index (χ2n) is 7.93. The van der Waals surface area contributed by atoms with Crippen molar-refractivity contribution < 1.29 is 19.1 Å². The van der Waals surface area contributed by atoms with Gasteiger partial charge in [0, 0.05) is 6.54 Å². The van der Waals surface area contributed by atoms with Gasteiger partial charge in [-0.3, -0.25) is 4.79 Å². The number of rotatable bonds is 7. The van der Waals surface area contributed by atoms with Crippen LogP contribution in [0.15, 0.2) is 0 Å². The summed E-state index contributed by atoms with van der Waals surface area (Å²) < 4.78 is 10.7. The molecular formula is C19H36N2O4. The minimum Gasteiger partial charge on any atom is -0.461 e. The maximum absolute atomic E-state index is 12.1. The Kier molecular flexibility index (Phi) is 9.86. The third kappa shape index (κ3) is 11.0. The number of carbonyl (C=O) groups excluding carboxylic acids is 2. The van der Waals surface area contributed by atoms with Crippen LogP contribution >= 0.6 is 0 Å². The van der Waals surface area contributed by atoms with E-state index >= 15 is 0 Å². The van der Waals surface area contributed by atoms with E-state index in [4.69, 9.17) is 15.2 Å². The zero-order valence-corrected chi connectivity index (χ0v) is 16.1. The standard InChI is InChI=1S/C19H36N2O4/c1-19(2,3)25-18(23)21-14-10-9-13-16(20)17(22)24-15-11-7-5-4-6-8-12-15/h15-16H,4-14,20H2,1-3H3,(H,21,23)/t16-/m0/s1. The molecule has 6 nitrogen and oxygen atoms in total. The molecule has 0 spiro atoms. The lowest BCUT2D eigenvalue weighted by Gasteiger charge is -2.22. The number of carbonyl (C=O) groups is 2. The molecule has 146 valence electrons. The number of nitrogens with one attached hydrogen (secondary N) is 1. The zero-order chi connectivity index (χ0) is 18.7. The number of ether oxygens (including phenoxy) is 2. The summed E-state index contributed by atoms with van der Waals surface area (Å²) in [6, 6.07) is -0.577. The lowest BCUT2D eigenvalue weighted by atomic mass is 9.98. The quantitative estimate of drug-likeness (QED) is 0.536. The smallest absolute Gasteiger partial charge is 0.407 e. The predicted molar refractivity (Wildman–Crippen MR) is 98.3 cm³/mol. The molecule has 3 N–H and O–H groups in total. The molecule has 1 aliphatic rings. The van der Waals surface area contributed by atoms with Gasteiger partial charge in [0.2, 0.25) is 0 Å². The van der Waals surface area contributed by atoms with Gasteiger partial charge in [-0.2, -0.15) is 0 Å². The Labute approximate surface area is 152 Å². The molecule has 1 rings (SSSR count). The number of alkyl carbamates (subject to hydrolysis) is 1. The zero-order valence-electron chi connectivity index (χ0n) is 16.1. The highest BCUT2D eigenvalue weighted by Gasteiger charge is 2.21. The number of esters is 1. The third-order valence-electron chi connectivity index (χ3n) is 4.25. The Hall–Kier alpha value is -1.30. The topological polar surface area (TPSA) is 90.6 Å². The summed E-state index contributed by atoms with van der Waals surface area (Å²) in [4.78, 5) is 23.6. The minimum atomic E-state index is -0.577. The summed E-state index contributed by atoms with van der Waals surface area (Å²) in [7, 11) is 0. The molecule has 0 radical (unpaired) electrons. The number of hydrogen-bond donors (Lipinski definition) is 2. The van der Waals surface area contributed by atoms with E-state index in [2.05, 4.69) is 5.32 Å². The van der Waals surface area contributed by atoms with Gasteiger partial charge in [-0.25, -0.2) is 4.79 Å². The van der Waals surface area contributed by atoms with Crippen LogP contribution in [-0.4, -0.2) is 36.4 Å². The molecule has 0 aromatic heterocycles. The summed E-state index contributed by atoms with van der Waals surface area (Å²) in [5.41, 5.74) is 5.45. The fourth-order valence-electron chi connectivity index (χ4n) is 2.90. The molecule has 0 unspecified atom stereocenters. The Balaban J connectivity index is 2.13. The van der Waals surface area contributed by atoms with Gasteiger partial charge >= 0.3 is 12.1 Å². The van der Waals surface area contributed by atoms with E-state index in [1.807, 2.05) is 20.8 Å². The van der Waals surface area contributed by atoms with Crippen LogP contribution in [0.25, 0.3) is 0 Å². The Morgan fingerprint density at radius 3 is 2.28 bits per heavy atom. The summed E-state index contributed by atoms with van der Waals surface area (Å²) in [5, 5.41) is 2.70. The van der Waals surface area contributed by atoms with Gasteiger partial charge in [0.1, 0.15) is 17.7 Å². The first-order chi connectivity index (χ1) is 11.8. The van der Waals surface area contributed by atoms with Crippen molar-refractivity contribution in [1.82, 2.24) is 5.32 Å². The van der Waals surface area contributed by atoms with Crippen molar-refractivity contribution >= 4 is 12.1 Å². The molecule has 1 amide bonds. The number of nitrogens with two attached hydrogens (primary N) is 1. The van der Waals surface area contributed by atoms with Crippen LogP contribution in [0.1, 0.15) is 85.0 Å². The van der Waals surface area contributed by atoms with Crippen molar-refractivity contribution in [2.24, 2.45) is 5.73 Å². The SMILES string of the molecule is CC(C)(C)OC(=O)NCCCC[C@H](N)C(=O)OC1CCCCCCC1. The average molecular weight is 357 g/mol. The fourth-order valence-corrected chi connectivity index (χ4v) is 2.90. The van der Waals surface area contributed by atoms with Crippen molar-refractivity contribution in [3.8, 4) is 0 Å². The van der Waals surface area contributed by atoms with E-state index in [9.17, 15) is 9.59 Å². The van der Waals surface area contributed by atoms with E-state index < -0.39 is 17.7 Å². The van der Waals surface area contributed by atoms with Crippen LogP contribution in [0.2, 0.25) is 0 Å². The van der Waals surface area contributed by atoms with E-state index in [1.165, 1.54) is 19.3 Å². The van der Waals surface area contributed by atoms with Crippen molar-refractivity contribution in [3.05, 3.63) is 0 Å². The van der Waals surface area contributed by atoms with Gasteiger partial charge in [-0.05, 0) is 65.7 Å². The number of hydrogen-bond acceptors (Lipinski definition) is 5. The molecule has 1 fully saturated rings. The van der Waals surface area contributed by atoms with Crippen molar-refractivity contribution in [2.45, 2.75) is 103 Å². The highest BCUT2D eigenvalue weighted by molar-refractivity contribution is 5.75. The van der Waals surface area contributed by atoms with E-state index in [0.717, 1.165) is 38.5 Å². The predicted octanol–water partition coefficient (Wildman–Crippen LogP) is 3.66. The fraction of sp³-hybridized carbons (Fsp3) is 0.895. The van der Waals surface area contributed by atoms with Crippen LogP contribution in [0.5, 0.6) is 0 Å². The molecule has 6 heteroatoms. The second-order valence-corrected chi connectivity index (χ2v) is 7.93. The summed E-state index contributed by atoms with van der Waals surface area (Å²) in [6.45, 7) is 5.99. The first kappa shape index (κ1) is 21.7. The van der Waals surface area contributed by atoms with Gasteiger partial charge < -0.3 is 20.5 Å². The average Bonchev–Trinajstić information content (AvgIpc) is 2.47. The summed E-state index contributed by atoms with van der Waals surface area (Å²) in [5.74, 6) is -0.286. The van der Waals surface area contributed by atoms with Gasteiger partial charge in [-0.15, -0.1) is 0 Å². The molecule has 1 saturated carbocycles. The van der Waals surface area contributed by atoms with Gasteiger partial charge in [-0.1, -0.05) is 19.3 Å². The van der Waals surface area contributed by atoms with Gasteiger partial charge in [0.15, 0.2) is 0 Å². The monoisotopic (exact) mass is 356 g/mol. The van der Waals surface area contributed by atoms with Gasteiger partial charge in [0.05, 0.1) is 0 Å². The van der Waals surface area contributed by atoms with Crippen molar-refractivity contribution in [1.29, 1.82) is 0 Å². The normalized spacial score (nSPS) is 17.9. The number of amides is 1. The van der Waals surface area contributed by atoms with Crippen molar-refractivity contribution in [3.63, 3.8) is 0 Å². The Morgan fingerprint density at radius 2 is 1.68 bits per heavy atom. The third-order valence-corrected chi connectivity index (χ3v) is 4.25. The Bertz CT molecular complexity index is 399. The molecule has 0 heterocycles. The highest BCUT2D eigenvalue weighted by atomic mass is 16.6. The highest BCUT2D eigenvalue weighted by Crippen LogP contribution is 2.20.